The molecule has 0 bridgehead atoms. The Hall–Kier alpha value is -1.36. The SMILES string of the molecule is NC(=O)c1c[n+]([O-])cc(Cl)n1. The maximum absolute atomic E-state index is 10.6. The molecule has 6 heteroatoms. The molecular weight excluding hydrogens is 170 g/mol. The Kier molecular flexibility index (Phi) is 1.91. The summed E-state index contributed by atoms with van der Waals surface area (Å²) in [5.41, 5.74) is 4.69. The summed E-state index contributed by atoms with van der Waals surface area (Å²) in [6.07, 6.45) is 1.97. The summed E-state index contributed by atoms with van der Waals surface area (Å²) < 4.78 is 0.370. The summed E-state index contributed by atoms with van der Waals surface area (Å²) in [6.45, 7) is 0. The highest BCUT2D eigenvalue weighted by atomic mass is 35.5. The van der Waals surface area contributed by atoms with Crippen LogP contribution in [-0.2, 0) is 0 Å². The zero-order chi connectivity index (χ0) is 8.43. The van der Waals surface area contributed by atoms with Crippen LogP contribution >= 0.6 is 11.6 Å². The van der Waals surface area contributed by atoms with E-state index < -0.39 is 5.91 Å². The van der Waals surface area contributed by atoms with Crippen molar-refractivity contribution in [2.24, 2.45) is 5.73 Å². The van der Waals surface area contributed by atoms with Gasteiger partial charge in [-0.1, -0.05) is 11.6 Å². The number of carbonyl (C=O) groups excluding carboxylic acids is 1. The highest BCUT2D eigenvalue weighted by Gasteiger charge is 2.07. The third-order valence-corrected chi connectivity index (χ3v) is 1.15. The summed E-state index contributed by atoms with van der Waals surface area (Å²) >= 11 is 5.35. The van der Waals surface area contributed by atoms with E-state index in [1.54, 1.807) is 0 Å². The summed E-state index contributed by atoms with van der Waals surface area (Å²) in [5, 5.41) is 10.5. The van der Waals surface area contributed by atoms with Gasteiger partial charge in [-0.05, 0) is 0 Å². The summed E-state index contributed by atoms with van der Waals surface area (Å²) in [7, 11) is 0. The molecule has 0 atom stereocenters. The first-order chi connectivity index (χ1) is 5.09. The molecule has 5 nitrogen and oxygen atoms in total. The molecule has 0 aliphatic carbocycles. The Balaban J connectivity index is 3.19. The lowest BCUT2D eigenvalue weighted by molar-refractivity contribution is -0.606. The molecule has 0 spiro atoms. The average Bonchev–Trinajstić information content (AvgIpc) is 1.85. The van der Waals surface area contributed by atoms with E-state index >= 15 is 0 Å². The number of hydrogen-bond acceptors (Lipinski definition) is 3. The average molecular weight is 174 g/mol. The van der Waals surface area contributed by atoms with Crippen LogP contribution in [0, 0.1) is 5.21 Å². The molecule has 11 heavy (non-hydrogen) atoms. The molecule has 1 aromatic heterocycles. The summed E-state index contributed by atoms with van der Waals surface area (Å²) in [4.78, 5) is 14.0. The van der Waals surface area contributed by atoms with E-state index in [2.05, 4.69) is 4.98 Å². The second-order valence-corrected chi connectivity index (χ2v) is 2.19. The van der Waals surface area contributed by atoms with Gasteiger partial charge in [0.15, 0.2) is 10.8 Å². The zero-order valence-corrected chi connectivity index (χ0v) is 6.08. The number of rotatable bonds is 1. The number of nitrogens with two attached hydrogens (primary N) is 1. The van der Waals surface area contributed by atoms with Gasteiger partial charge < -0.3 is 10.9 Å². The lowest BCUT2D eigenvalue weighted by Gasteiger charge is -1.96. The normalized spacial score (nSPS) is 9.55. The second kappa shape index (κ2) is 2.71. The van der Waals surface area contributed by atoms with Crippen molar-refractivity contribution < 1.29 is 9.52 Å². The van der Waals surface area contributed by atoms with E-state index in [-0.39, 0.29) is 10.8 Å². The zero-order valence-electron chi connectivity index (χ0n) is 5.32. The van der Waals surface area contributed by atoms with Crippen LogP contribution in [0.15, 0.2) is 12.4 Å². The molecule has 0 aromatic carbocycles. The van der Waals surface area contributed by atoms with Gasteiger partial charge in [-0.3, -0.25) is 4.79 Å². The van der Waals surface area contributed by atoms with Gasteiger partial charge in [0.25, 0.3) is 5.91 Å². The van der Waals surface area contributed by atoms with Crippen molar-refractivity contribution in [3.8, 4) is 0 Å². The number of carbonyl (C=O) groups is 1. The Morgan fingerprint density at radius 1 is 1.73 bits per heavy atom. The lowest BCUT2D eigenvalue weighted by Crippen LogP contribution is -2.29. The smallest absolute Gasteiger partial charge is 0.273 e. The molecule has 0 radical (unpaired) electrons. The van der Waals surface area contributed by atoms with Crippen LogP contribution in [0.4, 0.5) is 0 Å². The first-order valence-corrected chi connectivity index (χ1v) is 3.03. The van der Waals surface area contributed by atoms with Crippen LogP contribution in [0.2, 0.25) is 5.15 Å². The maximum Gasteiger partial charge on any atom is 0.273 e. The third kappa shape index (κ3) is 1.78. The fourth-order valence-corrected chi connectivity index (χ4v) is 0.742. The molecule has 1 heterocycles. The van der Waals surface area contributed by atoms with E-state index in [4.69, 9.17) is 17.3 Å². The first-order valence-electron chi connectivity index (χ1n) is 2.66. The fraction of sp³-hybridized carbons (Fsp3) is 0. The Morgan fingerprint density at radius 2 is 2.36 bits per heavy atom. The highest BCUT2D eigenvalue weighted by molar-refractivity contribution is 6.29. The molecule has 0 fully saturated rings. The molecule has 1 amide bonds. The van der Waals surface area contributed by atoms with Gasteiger partial charge >= 0.3 is 0 Å². The second-order valence-electron chi connectivity index (χ2n) is 1.80. The predicted molar refractivity (Wildman–Crippen MR) is 36.7 cm³/mol. The van der Waals surface area contributed by atoms with Gasteiger partial charge in [-0.2, -0.15) is 4.73 Å². The predicted octanol–water partition coefficient (Wildman–Crippen LogP) is -0.533. The Bertz CT molecular complexity index is 282. The molecule has 58 valence electrons. The minimum atomic E-state index is -0.780. The molecule has 0 unspecified atom stereocenters. The molecular formula is C5H4ClN3O2. The third-order valence-electron chi connectivity index (χ3n) is 0.963. The fourth-order valence-electron chi connectivity index (χ4n) is 0.554. The minimum Gasteiger partial charge on any atom is -0.619 e. The minimum absolute atomic E-state index is 0.0590. The molecule has 0 aliphatic heterocycles. The van der Waals surface area contributed by atoms with E-state index in [1.165, 1.54) is 0 Å². The topological polar surface area (TPSA) is 82.9 Å². The van der Waals surface area contributed by atoms with Crippen LogP contribution in [0.25, 0.3) is 0 Å². The van der Waals surface area contributed by atoms with Crippen molar-refractivity contribution in [1.82, 2.24) is 4.98 Å². The van der Waals surface area contributed by atoms with Crippen molar-refractivity contribution in [1.29, 1.82) is 0 Å². The van der Waals surface area contributed by atoms with Crippen molar-refractivity contribution in [2.75, 3.05) is 0 Å². The van der Waals surface area contributed by atoms with Crippen molar-refractivity contribution in [3.05, 3.63) is 28.4 Å². The molecule has 1 aromatic rings. The van der Waals surface area contributed by atoms with Crippen molar-refractivity contribution in [3.63, 3.8) is 0 Å². The van der Waals surface area contributed by atoms with Gasteiger partial charge in [-0.25, -0.2) is 4.98 Å². The van der Waals surface area contributed by atoms with Crippen LogP contribution in [-0.4, -0.2) is 10.9 Å². The molecule has 2 N–H and O–H groups in total. The largest absolute Gasteiger partial charge is 0.619 e. The van der Waals surface area contributed by atoms with Crippen LogP contribution < -0.4 is 10.5 Å². The van der Waals surface area contributed by atoms with Gasteiger partial charge in [0, 0.05) is 0 Å². The monoisotopic (exact) mass is 173 g/mol. The van der Waals surface area contributed by atoms with Gasteiger partial charge in [0.1, 0.15) is 0 Å². The molecule has 0 saturated carbocycles. The lowest BCUT2D eigenvalue weighted by atomic mass is 10.4. The van der Waals surface area contributed by atoms with Crippen LogP contribution in [0.3, 0.4) is 0 Å². The molecule has 0 saturated heterocycles. The van der Waals surface area contributed by atoms with Gasteiger partial charge in [-0.15, -0.1) is 0 Å². The number of halogens is 1. The summed E-state index contributed by atoms with van der Waals surface area (Å²) in [5.74, 6) is -0.780. The first kappa shape index (κ1) is 7.74. The number of hydrogen-bond donors (Lipinski definition) is 1. The number of primary amides is 1. The summed E-state index contributed by atoms with van der Waals surface area (Å²) in [6, 6.07) is 0. The van der Waals surface area contributed by atoms with E-state index in [0.717, 1.165) is 12.4 Å². The Morgan fingerprint density at radius 3 is 2.82 bits per heavy atom. The van der Waals surface area contributed by atoms with Crippen molar-refractivity contribution in [2.45, 2.75) is 0 Å². The van der Waals surface area contributed by atoms with Crippen LogP contribution in [0.1, 0.15) is 10.5 Å². The van der Waals surface area contributed by atoms with E-state index in [9.17, 15) is 10.0 Å². The maximum atomic E-state index is 10.6. The quantitative estimate of drug-likeness (QED) is 0.458. The standard InChI is InChI=1S/C5H4ClN3O2/c6-4-2-9(11)1-3(8-4)5(7)10/h1-2H,(H2,7,10). The molecule has 0 aliphatic rings. The van der Waals surface area contributed by atoms with E-state index in [0.29, 0.717) is 4.73 Å². The Labute approximate surface area is 67.0 Å². The highest BCUT2D eigenvalue weighted by Crippen LogP contribution is 1.99. The van der Waals surface area contributed by atoms with Gasteiger partial charge in [0.2, 0.25) is 12.4 Å². The number of amides is 1. The van der Waals surface area contributed by atoms with Crippen LogP contribution in [0.5, 0.6) is 0 Å². The molecule has 1 rings (SSSR count). The van der Waals surface area contributed by atoms with Crippen molar-refractivity contribution >= 4 is 17.5 Å². The number of nitrogens with zero attached hydrogens (tertiary/aromatic N) is 2. The number of aromatic nitrogens is 2. The van der Waals surface area contributed by atoms with Gasteiger partial charge in [0.05, 0.1) is 0 Å². The van der Waals surface area contributed by atoms with E-state index in [1.807, 2.05) is 0 Å².